The van der Waals surface area contributed by atoms with E-state index in [1.165, 1.54) is 16.9 Å². The van der Waals surface area contributed by atoms with Gasteiger partial charge in [-0.1, -0.05) is 0 Å². The van der Waals surface area contributed by atoms with Crippen molar-refractivity contribution in [1.82, 2.24) is 19.9 Å². The molecule has 142 valence electrons. The minimum atomic E-state index is 0.250. The maximum Gasteiger partial charge on any atom is 0.204 e. The second-order valence-electron chi connectivity index (χ2n) is 6.37. The molecule has 0 unspecified atom stereocenters. The second-order valence-corrected chi connectivity index (χ2v) is 6.37. The molecule has 1 fully saturated rings. The number of anilines is 3. The molecule has 0 spiro atoms. The zero-order chi connectivity index (χ0) is 19.2. The van der Waals surface area contributed by atoms with Crippen molar-refractivity contribution < 1.29 is 4.79 Å². The Kier molecular flexibility index (Phi) is 5.87. The van der Waals surface area contributed by atoms with Crippen LogP contribution in [0.5, 0.6) is 0 Å². The minimum absolute atomic E-state index is 0.250. The van der Waals surface area contributed by atoms with Crippen LogP contribution in [-0.2, 0) is 11.8 Å². The predicted octanol–water partition coefficient (Wildman–Crippen LogP) is 1.53. The van der Waals surface area contributed by atoms with Crippen molar-refractivity contribution in [2.75, 3.05) is 36.4 Å². The predicted molar refractivity (Wildman–Crippen MR) is 108 cm³/mol. The summed E-state index contributed by atoms with van der Waals surface area (Å²) in [5.41, 5.74) is 7.73. The first-order chi connectivity index (χ1) is 13.1. The van der Waals surface area contributed by atoms with E-state index in [4.69, 9.17) is 4.79 Å². The summed E-state index contributed by atoms with van der Waals surface area (Å²) < 4.78 is 2.17. The van der Waals surface area contributed by atoms with Crippen molar-refractivity contribution in [2.24, 2.45) is 12.8 Å². The van der Waals surface area contributed by atoms with Crippen molar-refractivity contribution >= 4 is 34.6 Å². The third-order valence-electron chi connectivity index (χ3n) is 4.65. The third-order valence-corrected chi connectivity index (χ3v) is 4.65. The molecule has 4 N–H and O–H groups in total. The van der Waals surface area contributed by atoms with Gasteiger partial charge in [-0.2, -0.15) is 0 Å². The highest BCUT2D eigenvalue weighted by Gasteiger charge is 2.11. The lowest BCUT2D eigenvalue weighted by Crippen LogP contribution is -2.43. The Bertz CT molecular complexity index is 898. The van der Waals surface area contributed by atoms with Gasteiger partial charge in [0.15, 0.2) is 0 Å². The monoisotopic (exact) mass is 367 g/mol. The number of rotatable bonds is 3. The molecule has 8 heteroatoms. The van der Waals surface area contributed by atoms with Gasteiger partial charge in [-0.05, 0) is 25.1 Å². The molecule has 0 aliphatic carbocycles. The highest BCUT2D eigenvalue weighted by molar-refractivity contribution is 5.83. The molecular formula is C19H25N7O. The number of carbonyl (C=O) groups is 1. The molecule has 0 aromatic carbocycles. The zero-order valence-corrected chi connectivity index (χ0v) is 15.6. The van der Waals surface area contributed by atoms with Gasteiger partial charge in [0.1, 0.15) is 11.6 Å². The average Bonchev–Trinajstić information content (AvgIpc) is 2.98. The normalized spacial score (nSPS) is 13.8. The first kappa shape index (κ1) is 18.7. The van der Waals surface area contributed by atoms with Gasteiger partial charge in [0, 0.05) is 56.6 Å². The Morgan fingerprint density at radius 1 is 1.15 bits per heavy atom. The number of fused-ring (bicyclic) bond motifs is 1. The number of hydrogen-bond donors (Lipinski definition) is 3. The van der Waals surface area contributed by atoms with Gasteiger partial charge in [-0.3, -0.25) is 4.79 Å². The lowest BCUT2D eigenvalue weighted by molar-refractivity contribution is -0.106. The molecule has 27 heavy (non-hydrogen) atoms. The molecule has 4 heterocycles. The smallest absolute Gasteiger partial charge is 0.204 e. The molecule has 3 aromatic heterocycles. The van der Waals surface area contributed by atoms with Gasteiger partial charge in [-0.15, -0.1) is 0 Å². The number of amides is 1. The number of hydrogen-bond acceptors (Lipinski definition) is 6. The lowest BCUT2D eigenvalue weighted by Gasteiger charge is -2.29. The maximum atomic E-state index is 8.58. The van der Waals surface area contributed by atoms with Crippen LogP contribution >= 0.6 is 0 Å². The van der Waals surface area contributed by atoms with Crippen LogP contribution in [0.4, 0.5) is 17.3 Å². The summed E-state index contributed by atoms with van der Waals surface area (Å²) in [4.78, 5) is 20.0. The van der Waals surface area contributed by atoms with Gasteiger partial charge in [0.05, 0.1) is 17.4 Å². The van der Waals surface area contributed by atoms with E-state index in [1.807, 2.05) is 18.5 Å². The van der Waals surface area contributed by atoms with Crippen LogP contribution in [0.25, 0.3) is 10.9 Å². The number of piperazine rings is 1. The Balaban J connectivity index is 0.000000659. The Morgan fingerprint density at radius 2 is 1.85 bits per heavy atom. The summed E-state index contributed by atoms with van der Waals surface area (Å²) in [6.07, 6.45) is 4.08. The molecule has 1 saturated heterocycles. The van der Waals surface area contributed by atoms with Crippen molar-refractivity contribution in [3.8, 4) is 0 Å². The number of nitrogens with one attached hydrogen (secondary N) is 2. The quantitative estimate of drug-likeness (QED) is 0.607. The van der Waals surface area contributed by atoms with E-state index in [0.717, 1.165) is 43.2 Å². The number of primary amides is 1. The molecule has 0 atom stereocenters. The molecule has 1 amide bonds. The number of aromatic nitrogens is 3. The second kappa shape index (κ2) is 8.50. The molecule has 0 bridgehead atoms. The van der Waals surface area contributed by atoms with E-state index < -0.39 is 0 Å². The standard InChI is InChI=1S/C18H22N6.CH3NO/c1-13-9-14-11-20-18(10-16(14)23(13)2)22-17-4-3-15(12-21-17)24-7-5-19-6-8-24;2-1-3/h3-4,9-12,19H,5-8H2,1-2H3,(H,20,21,22);1H,(H2,2,3). The van der Waals surface area contributed by atoms with Gasteiger partial charge in [0.25, 0.3) is 0 Å². The number of pyridine rings is 2. The van der Waals surface area contributed by atoms with Crippen molar-refractivity contribution in [3.63, 3.8) is 0 Å². The number of carbonyl (C=O) groups excluding carboxylic acids is 1. The number of nitrogens with two attached hydrogens (primary N) is 1. The van der Waals surface area contributed by atoms with Crippen molar-refractivity contribution in [3.05, 3.63) is 42.4 Å². The maximum absolute atomic E-state index is 8.58. The molecule has 3 aromatic rings. The van der Waals surface area contributed by atoms with Gasteiger partial charge >= 0.3 is 0 Å². The van der Waals surface area contributed by atoms with Crippen molar-refractivity contribution in [2.45, 2.75) is 6.92 Å². The summed E-state index contributed by atoms with van der Waals surface area (Å²) in [5, 5.41) is 7.82. The first-order valence-corrected chi connectivity index (χ1v) is 8.88. The molecule has 0 saturated carbocycles. The molecule has 0 radical (unpaired) electrons. The zero-order valence-electron chi connectivity index (χ0n) is 15.6. The van der Waals surface area contributed by atoms with Gasteiger partial charge in [-0.25, -0.2) is 9.97 Å². The Labute approximate surface area is 158 Å². The molecule has 4 rings (SSSR count). The van der Waals surface area contributed by atoms with Crippen LogP contribution in [0, 0.1) is 6.92 Å². The van der Waals surface area contributed by atoms with Crippen molar-refractivity contribution in [1.29, 1.82) is 0 Å². The van der Waals surface area contributed by atoms with E-state index in [9.17, 15) is 0 Å². The minimum Gasteiger partial charge on any atom is -0.372 e. The van der Waals surface area contributed by atoms with Crippen LogP contribution in [0.1, 0.15) is 5.69 Å². The lowest BCUT2D eigenvalue weighted by atomic mass is 10.3. The average molecular weight is 367 g/mol. The van der Waals surface area contributed by atoms with Crippen LogP contribution in [-0.4, -0.2) is 47.1 Å². The van der Waals surface area contributed by atoms with Crippen LogP contribution in [0.3, 0.4) is 0 Å². The summed E-state index contributed by atoms with van der Waals surface area (Å²) in [6.45, 7) is 6.21. The Morgan fingerprint density at radius 3 is 2.52 bits per heavy atom. The molecule has 1 aliphatic heterocycles. The molecular weight excluding hydrogens is 342 g/mol. The van der Waals surface area contributed by atoms with Gasteiger partial charge in [0.2, 0.25) is 6.41 Å². The van der Waals surface area contributed by atoms with E-state index >= 15 is 0 Å². The highest BCUT2D eigenvalue weighted by atomic mass is 16.1. The summed E-state index contributed by atoms with van der Waals surface area (Å²) in [7, 11) is 2.07. The molecule has 1 aliphatic rings. The number of aryl methyl sites for hydroxylation is 2. The largest absolute Gasteiger partial charge is 0.372 e. The van der Waals surface area contributed by atoms with E-state index in [-0.39, 0.29) is 6.41 Å². The fourth-order valence-electron chi connectivity index (χ4n) is 3.14. The summed E-state index contributed by atoms with van der Waals surface area (Å²) >= 11 is 0. The summed E-state index contributed by atoms with van der Waals surface area (Å²) in [6, 6.07) is 8.34. The van der Waals surface area contributed by atoms with E-state index in [1.54, 1.807) is 0 Å². The first-order valence-electron chi connectivity index (χ1n) is 8.88. The third kappa shape index (κ3) is 4.35. The summed E-state index contributed by atoms with van der Waals surface area (Å²) in [5.74, 6) is 1.62. The topological polar surface area (TPSA) is 101 Å². The van der Waals surface area contributed by atoms with E-state index in [2.05, 4.69) is 68.0 Å². The highest BCUT2D eigenvalue weighted by Crippen LogP contribution is 2.22. The molecule has 8 nitrogen and oxygen atoms in total. The van der Waals surface area contributed by atoms with E-state index in [0.29, 0.717) is 0 Å². The number of nitrogens with zero attached hydrogens (tertiary/aromatic N) is 4. The van der Waals surface area contributed by atoms with Gasteiger partial charge < -0.3 is 25.8 Å². The fraction of sp³-hybridized carbons (Fsp3) is 0.316. The van der Waals surface area contributed by atoms with Crippen LogP contribution < -0.4 is 21.3 Å². The fourth-order valence-corrected chi connectivity index (χ4v) is 3.14. The van der Waals surface area contributed by atoms with Crippen LogP contribution in [0.2, 0.25) is 0 Å². The Hall–Kier alpha value is -3.13. The SMILES string of the molecule is Cc1cc2cnc(Nc3ccc(N4CCNCC4)cn3)cc2n1C.NC=O. The van der Waals surface area contributed by atoms with Crippen LogP contribution in [0.15, 0.2) is 36.7 Å².